The number of fused-ring (bicyclic) bond motifs is 1. The molecule has 0 aliphatic heterocycles. The van der Waals surface area contributed by atoms with Gasteiger partial charge in [-0.25, -0.2) is 4.98 Å². The number of rotatable bonds is 9. The molecule has 1 amide bonds. The highest BCUT2D eigenvalue weighted by Gasteiger charge is 2.19. The van der Waals surface area contributed by atoms with E-state index in [4.69, 9.17) is 21.3 Å². The van der Waals surface area contributed by atoms with Crippen LogP contribution in [0.15, 0.2) is 71.2 Å². The van der Waals surface area contributed by atoms with E-state index in [1.165, 1.54) is 0 Å². The van der Waals surface area contributed by atoms with Crippen LogP contribution in [0.3, 0.4) is 0 Å². The number of ether oxygens (including phenoxy) is 1. The molecule has 1 N–H and O–H groups in total. The van der Waals surface area contributed by atoms with Crippen LogP contribution < -0.4 is 10.1 Å². The van der Waals surface area contributed by atoms with Crippen molar-refractivity contribution in [1.29, 1.82) is 0 Å². The third-order valence-electron chi connectivity index (χ3n) is 5.68. The number of benzene rings is 3. The largest absolute Gasteiger partial charge is 0.494 e. The molecule has 1 unspecified atom stereocenters. The van der Waals surface area contributed by atoms with Crippen molar-refractivity contribution < 1.29 is 9.53 Å². The molecule has 0 aliphatic rings. The van der Waals surface area contributed by atoms with E-state index in [0.717, 1.165) is 57.1 Å². The first-order valence-electron chi connectivity index (χ1n) is 11.3. The minimum atomic E-state index is -0.243. The Hall–Kier alpha value is -2.83. The van der Waals surface area contributed by atoms with Gasteiger partial charge in [-0.1, -0.05) is 45.7 Å². The summed E-state index contributed by atoms with van der Waals surface area (Å²) < 4.78 is 8.97. The fraction of sp³-hybridized carbons (Fsp3) is 0.259. The van der Waals surface area contributed by atoms with Gasteiger partial charge in [0.2, 0.25) is 0 Å². The lowest BCUT2D eigenvalue weighted by Gasteiger charge is -2.17. The van der Waals surface area contributed by atoms with Crippen LogP contribution >= 0.6 is 27.5 Å². The second kappa shape index (κ2) is 11.1. The fourth-order valence-corrected chi connectivity index (χ4v) is 4.42. The Morgan fingerprint density at radius 3 is 2.74 bits per heavy atom. The van der Waals surface area contributed by atoms with Crippen LogP contribution in [0.2, 0.25) is 5.02 Å². The normalized spacial score (nSPS) is 12.0. The van der Waals surface area contributed by atoms with Crippen LogP contribution in [-0.2, 0) is 6.54 Å². The van der Waals surface area contributed by atoms with E-state index < -0.39 is 0 Å². The molecule has 4 aromatic rings. The zero-order valence-electron chi connectivity index (χ0n) is 19.2. The Labute approximate surface area is 213 Å². The summed E-state index contributed by atoms with van der Waals surface area (Å²) >= 11 is 9.52. The number of halogens is 2. The maximum absolute atomic E-state index is 12.8. The first kappa shape index (κ1) is 24.3. The van der Waals surface area contributed by atoms with E-state index in [0.29, 0.717) is 12.2 Å². The molecule has 0 spiro atoms. The van der Waals surface area contributed by atoms with Gasteiger partial charge < -0.3 is 14.6 Å². The molecule has 7 heteroatoms. The van der Waals surface area contributed by atoms with Gasteiger partial charge in [0.1, 0.15) is 11.6 Å². The summed E-state index contributed by atoms with van der Waals surface area (Å²) in [5.74, 6) is 1.55. The molecular formula is C27H27BrClN3O2. The number of carbonyl (C=O) groups excluding carboxylic acids is 1. The summed E-state index contributed by atoms with van der Waals surface area (Å²) in [6.07, 6.45) is 1.82. The Bertz CT molecular complexity index is 1300. The van der Waals surface area contributed by atoms with Gasteiger partial charge >= 0.3 is 0 Å². The van der Waals surface area contributed by atoms with Gasteiger partial charge in [-0.2, -0.15) is 0 Å². The minimum absolute atomic E-state index is 0.126. The number of imidazole rings is 1. The van der Waals surface area contributed by atoms with E-state index in [2.05, 4.69) is 31.9 Å². The second-order valence-corrected chi connectivity index (χ2v) is 9.61. The maximum atomic E-state index is 12.8. The van der Waals surface area contributed by atoms with Crippen LogP contribution in [0.1, 0.15) is 47.6 Å². The third-order valence-corrected chi connectivity index (χ3v) is 6.60. The standard InChI is InChI=1S/C27H27BrClN3O2/c1-18-16-22(12-13-23(18)29)34-15-6-5-14-32-25-11-4-3-10-24(25)31-26(32)19(2)30-27(33)20-8-7-9-21(28)17-20/h3-4,7-13,16-17,19H,5-6,14-15H2,1-2H3,(H,30,33). The van der Waals surface area contributed by atoms with Gasteiger partial charge in [-0.05, 0) is 80.8 Å². The van der Waals surface area contributed by atoms with Gasteiger partial charge in [-0.15, -0.1) is 0 Å². The molecule has 0 saturated carbocycles. The first-order chi connectivity index (χ1) is 16.4. The van der Waals surface area contributed by atoms with E-state index in [-0.39, 0.29) is 11.9 Å². The smallest absolute Gasteiger partial charge is 0.251 e. The summed E-state index contributed by atoms with van der Waals surface area (Å²) in [6.45, 7) is 5.35. The van der Waals surface area contributed by atoms with Crippen LogP contribution in [-0.4, -0.2) is 22.1 Å². The zero-order chi connectivity index (χ0) is 24.1. The summed E-state index contributed by atoms with van der Waals surface area (Å²) in [5, 5.41) is 3.84. The highest BCUT2D eigenvalue weighted by molar-refractivity contribution is 9.10. The number of hydrogen-bond acceptors (Lipinski definition) is 3. The van der Waals surface area contributed by atoms with Crippen molar-refractivity contribution in [2.45, 2.75) is 39.3 Å². The minimum Gasteiger partial charge on any atom is -0.494 e. The van der Waals surface area contributed by atoms with Crippen molar-refractivity contribution in [2.24, 2.45) is 0 Å². The van der Waals surface area contributed by atoms with E-state index >= 15 is 0 Å². The van der Waals surface area contributed by atoms with Crippen LogP contribution in [0.4, 0.5) is 0 Å². The van der Waals surface area contributed by atoms with Gasteiger partial charge in [0.15, 0.2) is 0 Å². The number of aromatic nitrogens is 2. The fourth-order valence-electron chi connectivity index (χ4n) is 3.90. The zero-order valence-corrected chi connectivity index (χ0v) is 21.6. The number of unbranched alkanes of at least 4 members (excludes halogenated alkanes) is 1. The highest BCUT2D eigenvalue weighted by Crippen LogP contribution is 2.23. The average Bonchev–Trinajstić information content (AvgIpc) is 3.20. The number of para-hydroxylation sites is 2. The Morgan fingerprint density at radius 2 is 1.94 bits per heavy atom. The molecule has 0 fully saturated rings. The van der Waals surface area contributed by atoms with Crippen molar-refractivity contribution in [2.75, 3.05) is 6.61 Å². The lowest BCUT2D eigenvalue weighted by Crippen LogP contribution is -2.28. The summed E-state index contributed by atoms with van der Waals surface area (Å²) in [7, 11) is 0. The van der Waals surface area contributed by atoms with Crippen molar-refractivity contribution in [3.63, 3.8) is 0 Å². The molecule has 176 valence electrons. The molecule has 1 atom stereocenters. The summed E-state index contributed by atoms with van der Waals surface area (Å²) in [5.41, 5.74) is 3.61. The first-order valence-corrected chi connectivity index (χ1v) is 12.5. The molecule has 0 radical (unpaired) electrons. The molecule has 0 saturated heterocycles. The number of hydrogen-bond donors (Lipinski definition) is 1. The molecule has 1 heterocycles. The highest BCUT2D eigenvalue weighted by atomic mass is 79.9. The van der Waals surface area contributed by atoms with E-state index in [1.54, 1.807) is 6.07 Å². The molecule has 1 aromatic heterocycles. The van der Waals surface area contributed by atoms with Crippen molar-refractivity contribution in [3.05, 3.63) is 93.2 Å². The molecule has 3 aromatic carbocycles. The van der Waals surface area contributed by atoms with Crippen LogP contribution in [0, 0.1) is 6.92 Å². The number of aryl methyl sites for hydroxylation is 2. The van der Waals surface area contributed by atoms with E-state index in [9.17, 15) is 4.79 Å². The lowest BCUT2D eigenvalue weighted by atomic mass is 10.2. The average molecular weight is 541 g/mol. The van der Waals surface area contributed by atoms with Gasteiger partial charge in [-0.3, -0.25) is 4.79 Å². The van der Waals surface area contributed by atoms with Crippen molar-refractivity contribution in [1.82, 2.24) is 14.9 Å². The molecule has 4 rings (SSSR count). The van der Waals surface area contributed by atoms with Crippen molar-refractivity contribution >= 4 is 44.5 Å². The topological polar surface area (TPSA) is 56.1 Å². The van der Waals surface area contributed by atoms with Gasteiger partial charge in [0.05, 0.1) is 23.7 Å². The number of nitrogens with one attached hydrogen (secondary N) is 1. The molecule has 0 aliphatic carbocycles. The predicted molar refractivity (Wildman–Crippen MR) is 141 cm³/mol. The number of carbonyl (C=O) groups is 1. The van der Waals surface area contributed by atoms with E-state index in [1.807, 2.05) is 68.4 Å². The summed E-state index contributed by atoms with van der Waals surface area (Å²) in [6, 6.07) is 20.9. The molecule has 34 heavy (non-hydrogen) atoms. The molecule has 5 nitrogen and oxygen atoms in total. The van der Waals surface area contributed by atoms with Gasteiger partial charge in [0.25, 0.3) is 5.91 Å². The van der Waals surface area contributed by atoms with Gasteiger partial charge in [0, 0.05) is 21.6 Å². The monoisotopic (exact) mass is 539 g/mol. The Balaban J connectivity index is 1.42. The Kier molecular flexibility index (Phi) is 7.91. The lowest BCUT2D eigenvalue weighted by molar-refractivity contribution is 0.0937. The SMILES string of the molecule is Cc1cc(OCCCCn2c(C(C)NC(=O)c3cccc(Br)c3)nc3ccccc32)ccc1Cl. The second-order valence-electron chi connectivity index (χ2n) is 8.28. The third kappa shape index (κ3) is 5.80. The van der Waals surface area contributed by atoms with Crippen LogP contribution in [0.25, 0.3) is 11.0 Å². The van der Waals surface area contributed by atoms with Crippen LogP contribution in [0.5, 0.6) is 5.75 Å². The quantitative estimate of drug-likeness (QED) is 0.230. The number of nitrogens with zero attached hydrogens (tertiary/aromatic N) is 2. The predicted octanol–water partition coefficient (Wildman–Crippen LogP) is 7.11. The molecule has 0 bridgehead atoms. The summed E-state index contributed by atoms with van der Waals surface area (Å²) in [4.78, 5) is 17.6. The Morgan fingerprint density at radius 1 is 1.12 bits per heavy atom. The maximum Gasteiger partial charge on any atom is 0.251 e. The van der Waals surface area contributed by atoms with Crippen molar-refractivity contribution in [3.8, 4) is 5.75 Å². The molecular weight excluding hydrogens is 514 g/mol. The number of amides is 1.